The minimum absolute atomic E-state index is 0.0104. The molecule has 2 aromatic carbocycles. The molecule has 4 heterocycles. The van der Waals surface area contributed by atoms with Gasteiger partial charge in [-0.15, -0.1) is 16.6 Å². The van der Waals surface area contributed by atoms with Gasteiger partial charge < -0.3 is 20.1 Å². The average Bonchev–Trinajstić information content (AvgIpc) is 3.19. The lowest BCUT2D eigenvalue weighted by Gasteiger charge is -2.33. The van der Waals surface area contributed by atoms with Gasteiger partial charge in [0.05, 0.1) is 18.4 Å². The summed E-state index contributed by atoms with van der Waals surface area (Å²) in [5.41, 5.74) is 2.07. The monoisotopic (exact) mass is 456 g/mol. The third-order valence-electron chi connectivity index (χ3n) is 6.57. The van der Waals surface area contributed by atoms with E-state index < -0.39 is 5.82 Å². The van der Waals surface area contributed by atoms with Gasteiger partial charge in [-0.2, -0.15) is 9.97 Å². The summed E-state index contributed by atoms with van der Waals surface area (Å²) >= 11 is 0. The van der Waals surface area contributed by atoms with Crippen molar-refractivity contribution in [2.45, 2.75) is 24.9 Å². The van der Waals surface area contributed by atoms with Gasteiger partial charge >= 0.3 is 6.01 Å². The van der Waals surface area contributed by atoms with Gasteiger partial charge in [-0.25, -0.2) is 4.39 Å². The zero-order valence-corrected chi connectivity index (χ0v) is 18.4. The van der Waals surface area contributed by atoms with E-state index in [9.17, 15) is 9.50 Å². The summed E-state index contributed by atoms with van der Waals surface area (Å²) in [5, 5.41) is 23.9. The Morgan fingerprint density at radius 2 is 1.94 bits per heavy atom. The lowest BCUT2D eigenvalue weighted by Crippen LogP contribution is -2.51. The maximum atomic E-state index is 14.5. The van der Waals surface area contributed by atoms with E-state index in [1.54, 1.807) is 12.1 Å². The number of rotatable bonds is 3. The fourth-order valence-electron chi connectivity index (χ4n) is 5.08. The summed E-state index contributed by atoms with van der Waals surface area (Å²) in [6, 6.07) is 8.70. The van der Waals surface area contributed by atoms with E-state index in [0.717, 1.165) is 25.9 Å². The van der Waals surface area contributed by atoms with Crippen LogP contribution in [0.1, 0.15) is 18.4 Å². The van der Waals surface area contributed by atoms with Crippen molar-refractivity contribution in [3.63, 3.8) is 0 Å². The number of nitrogens with one attached hydrogen (secondary N) is 1. The van der Waals surface area contributed by atoms with Crippen LogP contribution in [-0.4, -0.2) is 57.6 Å². The molecule has 2 unspecified atom stereocenters. The Morgan fingerprint density at radius 3 is 2.68 bits per heavy atom. The quantitative estimate of drug-likeness (QED) is 0.454. The molecule has 2 N–H and O–H groups in total. The standard InChI is InChI=1S/C25H21FN6O2/c1-3-17-19(26)7-4-13-8-16(33)9-18(22(13)17)20-10-21-23(31-30-20)24(29-25(28-21)34-2)32-11-14-5-6-15(12-32)27-14/h1,4,7-10,14-15,27,33H,5-6,11-12H2,2H3. The molecule has 2 atom stereocenters. The number of ether oxygens (including phenoxy) is 1. The van der Waals surface area contributed by atoms with Crippen molar-refractivity contribution in [3.05, 3.63) is 41.7 Å². The summed E-state index contributed by atoms with van der Waals surface area (Å²) < 4.78 is 19.9. The molecule has 0 saturated carbocycles. The predicted molar refractivity (Wildman–Crippen MR) is 126 cm³/mol. The molecule has 2 fully saturated rings. The average molecular weight is 456 g/mol. The summed E-state index contributed by atoms with van der Waals surface area (Å²) in [4.78, 5) is 11.3. The van der Waals surface area contributed by atoms with Crippen LogP contribution in [0.2, 0.25) is 0 Å². The van der Waals surface area contributed by atoms with Crippen LogP contribution in [0.4, 0.5) is 10.2 Å². The van der Waals surface area contributed by atoms with Gasteiger partial charge in [0.25, 0.3) is 0 Å². The molecular weight excluding hydrogens is 435 g/mol. The fourth-order valence-corrected chi connectivity index (χ4v) is 5.08. The van der Waals surface area contributed by atoms with Gasteiger partial charge in [0.1, 0.15) is 17.1 Å². The fraction of sp³-hybridized carbons (Fsp3) is 0.280. The number of hydrogen-bond donors (Lipinski definition) is 2. The first-order valence-corrected chi connectivity index (χ1v) is 11.1. The summed E-state index contributed by atoms with van der Waals surface area (Å²) in [7, 11) is 1.52. The first kappa shape index (κ1) is 20.6. The van der Waals surface area contributed by atoms with Crippen LogP contribution in [0.3, 0.4) is 0 Å². The molecule has 0 spiro atoms. The molecule has 2 bridgehead atoms. The Balaban J connectivity index is 1.55. The zero-order chi connectivity index (χ0) is 23.4. The van der Waals surface area contributed by atoms with E-state index in [1.165, 1.54) is 25.3 Å². The van der Waals surface area contributed by atoms with Gasteiger partial charge in [0.2, 0.25) is 0 Å². The SMILES string of the molecule is C#Cc1c(F)ccc2cc(O)cc(-c3cc4nc(OC)nc(N5CC6CCC(C5)N6)c4nn3)c12. The third kappa shape index (κ3) is 3.26. The number of terminal acetylenes is 1. The molecule has 0 radical (unpaired) electrons. The number of methoxy groups -OCH3 is 1. The van der Waals surface area contributed by atoms with Gasteiger partial charge in [-0.05, 0) is 42.5 Å². The summed E-state index contributed by atoms with van der Waals surface area (Å²) in [5.74, 6) is 2.60. The molecule has 6 rings (SSSR count). The van der Waals surface area contributed by atoms with E-state index in [2.05, 4.69) is 36.3 Å². The number of phenols is 1. The normalized spacial score (nSPS) is 19.5. The van der Waals surface area contributed by atoms with Crippen molar-refractivity contribution in [1.82, 2.24) is 25.5 Å². The van der Waals surface area contributed by atoms with Crippen LogP contribution < -0.4 is 15.0 Å². The highest BCUT2D eigenvalue weighted by Gasteiger charge is 2.34. The molecule has 0 aliphatic carbocycles. The van der Waals surface area contributed by atoms with Crippen LogP contribution >= 0.6 is 0 Å². The molecule has 9 heteroatoms. The largest absolute Gasteiger partial charge is 0.508 e. The van der Waals surface area contributed by atoms with Crippen LogP contribution in [-0.2, 0) is 0 Å². The molecule has 2 aliphatic heterocycles. The van der Waals surface area contributed by atoms with Crippen molar-refractivity contribution >= 4 is 27.6 Å². The number of piperazine rings is 1. The number of phenolic OH excluding ortho intramolecular Hbond substituents is 1. The highest BCUT2D eigenvalue weighted by molar-refractivity contribution is 6.02. The Kier molecular flexibility index (Phi) is 4.71. The highest BCUT2D eigenvalue weighted by Crippen LogP contribution is 2.36. The van der Waals surface area contributed by atoms with Crippen molar-refractivity contribution in [3.8, 4) is 35.4 Å². The zero-order valence-electron chi connectivity index (χ0n) is 18.4. The second-order valence-electron chi connectivity index (χ2n) is 8.70. The number of aromatic hydroxyl groups is 1. The number of aromatic nitrogens is 4. The van der Waals surface area contributed by atoms with E-state index in [1.807, 2.05) is 0 Å². The third-order valence-corrected chi connectivity index (χ3v) is 6.57. The minimum atomic E-state index is -0.518. The van der Waals surface area contributed by atoms with Crippen LogP contribution in [0.5, 0.6) is 11.8 Å². The van der Waals surface area contributed by atoms with Crippen molar-refractivity contribution in [1.29, 1.82) is 0 Å². The Bertz CT molecular complexity index is 1490. The highest BCUT2D eigenvalue weighted by atomic mass is 19.1. The maximum Gasteiger partial charge on any atom is 0.318 e. The number of fused-ring (bicyclic) bond motifs is 4. The van der Waals surface area contributed by atoms with Crippen LogP contribution in [0, 0.1) is 18.2 Å². The Labute approximate surface area is 194 Å². The molecular formula is C25H21FN6O2. The number of benzene rings is 2. The van der Waals surface area contributed by atoms with Crippen LogP contribution in [0.25, 0.3) is 33.1 Å². The second kappa shape index (κ2) is 7.78. The molecule has 2 saturated heterocycles. The van der Waals surface area contributed by atoms with Gasteiger partial charge in [0.15, 0.2) is 11.3 Å². The molecule has 0 amide bonds. The molecule has 34 heavy (non-hydrogen) atoms. The van der Waals surface area contributed by atoms with Crippen LogP contribution in [0.15, 0.2) is 30.3 Å². The summed E-state index contributed by atoms with van der Waals surface area (Å²) in [6.45, 7) is 1.63. The molecule has 8 nitrogen and oxygen atoms in total. The van der Waals surface area contributed by atoms with E-state index in [4.69, 9.17) is 11.2 Å². The Morgan fingerprint density at radius 1 is 1.15 bits per heavy atom. The van der Waals surface area contributed by atoms with E-state index in [0.29, 0.717) is 51.0 Å². The number of anilines is 1. The smallest absolute Gasteiger partial charge is 0.318 e. The molecule has 2 aromatic heterocycles. The first-order valence-electron chi connectivity index (χ1n) is 11.1. The van der Waals surface area contributed by atoms with E-state index >= 15 is 0 Å². The van der Waals surface area contributed by atoms with Crippen molar-refractivity contribution < 1.29 is 14.2 Å². The number of hydrogen-bond acceptors (Lipinski definition) is 8. The first-order chi connectivity index (χ1) is 16.5. The Hall–Kier alpha value is -4.03. The van der Waals surface area contributed by atoms with Gasteiger partial charge in [-0.3, -0.25) is 0 Å². The predicted octanol–water partition coefficient (Wildman–Crippen LogP) is 3.02. The maximum absolute atomic E-state index is 14.5. The lowest BCUT2D eigenvalue weighted by atomic mass is 9.96. The van der Waals surface area contributed by atoms with Crippen molar-refractivity contribution in [2.75, 3.05) is 25.1 Å². The minimum Gasteiger partial charge on any atom is -0.508 e. The van der Waals surface area contributed by atoms with Gasteiger partial charge in [0, 0.05) is 36.1 Å². The number of nitrogens with zero attached hydrogens (tertiary/aromatic N) is 5. The number of halogens is 1. The van der Waals surface area contributed by atoms with E-state index in [-0.39, 0.29) is 17.3 Å². The topological polar surface area (TPSA) is 96.3 Å². The lowest BCUT2D eigenvalue weighted by molar-refractivity contribution is 0.380. The van der Waals surface area contributed by atoms with Gasteiger partial charge in [-0.1, -0.05) is 12.0 Å². The second-order valence-corrected chi connectivity index (χ2v) is 8.70. The molecule has 170 valence electrons. The van der Waals surface area contributed by atoms with Crippen molar-refractivity contribution in [2.24, 2.45) is 0 Å². The molecule has 4 aromatic rings. The molecule has 2 aliphatic rings. The summed E-state index contributed by atoms with van der Waals surface area (Å²) in [6.07, 6.45) is 7.89.